The zero-order valence-electron chi connectivity index (χ0n) is 27.8. The zero-order chi connectivity index (χ0) is 35.0. The fraction of sp³-hybridized carbons (Fsp3) is 0.586. The van der Waals surface area contributed by atoms with E-state index in [2.05, 4.69) is 6.58 Å². The molecule has 2 unspecified atom stereocenters. The van der Waals surface area contributed by atoms with Gasteiger partial charge in [0.25, 0.3) is 21.6 Å². The van der Waals surface area contributed by atoms with E-state index in [1.807, 2.05) is 26.9 Å². The third kappa shape index (κ3) is 9.79. The molecule has 17 heteroatoms. The minimum absolute atomic E-state index is 0.00458. The summed E-state index contributed by atoms with van der Waals surface area (Å²) >= 11 is 0. The Morgan fingerprint density at radius 1 is 1.15 bits per heavy atom. The van der Waals surface area contributed by atoms with Crippen molar-refractivity contribution in [2.75, 3.05) is 27.2 Å². The maximum Gasteiger partial charge on any atom is 0.410 e. The summed E-state index contributed by atoms with van der Waals surface area (Å²) < 4.78 is 46.5. The number of likely N-dealkylation sites (N-methyl/N-ethyl adjacent to an activating group) is 1. The predicted octanol–water partition coefficient (Wildman–Crippen LogP) is 3.82. The molecular weight excluding hydrogens is 653 g/mol. The molecule has 2 amide bonds. The Morgan fingerprint density at radius 3 is 2.24 bits per heavy atom. The number of carbonyl (C=O) groups excluding carboxylic acids is 2. The second-order valence-corrected chi connectivity index (χ2v) is 15.3. The van der Waals surface area contributed by atoms with Gasteiger partial charge in [0.2, 0.25) is 19.5 Å². The van der Waals surface area contributed by atoms with E-state index in [0.717, 1.165) is 12.1 Å². The number of ether oxygens (including phenoxy) is 1. The summed E-state index contributed by atoms with van der Waals surface area (Å²) in [5.41, 5.74) is -2.28. The van der Waals surface area contributed by atoms with E-state index in [4.69, 9.17) is 18.4 Å². The highest BCUT2D eigenvalue weighted by atomic mass is 32.2. The first-order valence-electron chi connectivity index (χ1n) is 14.4. The summed E-state index contributed by atoms with van der Waals surface area (Å²) in [4.78, 5) is 46.2. The summed E-state index contributed by atoms with van der Waals surface area (Å²) in [7, 11) is -1.55. The average molecular weight is 697 g/mol. The van der Waals surface area contributed by atoms with Crippen molar-refractivity contribution in [3.8, 4) is 0 Å². The van der Waals surface area contributed by atoms with Crippen molar-refractivity contribution < 1.29 is 41.4 Å². The zero-order valence-corrected chi connectivity index (χ0v) is 30.6. The van der Waals surface area contributed by atoms with Crippen molar-refractivity contribution in [3.63, 3.8) is 0 Å². The molecule has 4 radical (unpaired) electrons. The smallest absolute Gasteiger partial charge is 0.410 e. The first kappa shape index (κ1) is 39.2. The van der Waals surface area contributed by atoms with Gasteiger partial charge < -0.3 is 18.5 Å². The van der Waals surface area contributed by atoms with Crippen molar-refractivity contribution in [2.45, 2.75) is 83.0 Å². The topological polar surface area (TPSA) is 158 Å². The summed E-state index contributed by atoms with van der Waals surface area (Å²) in [6.07, 6.45) is 1.67. The van der Waals surface area contributed by atoms with Gasteiger partial charge in [0.1, 0.15) is 11.9 Å². The number of sulfonamides is 1. The Morgan fingerprint density at radius 2 is 1.74 bits per heavy atom. The van der Waals surface area contributed by atoms with E-state index in [1.165, 1.54) is 48.2 Å². The monoisotopic (exact) mass is 696 g/mol. The molecule has 46 heavy (non-hydrogen) atoms. The molecule has 0 spiro atoms. The number of hydrogen-bond acceptors (Lipinski definition) is 10. The van der Waals surface area contributed by atoms with Gasteiger partial charge in [-0.1, -0.05) is 42.6 Å². The largest absolute Gasteiger partial charge is 0.444 e. The van der Waals surface area contributed by atoms with Crippen LogP contribution in [0, 0.1) is 15.5 Å². The number of hydroxylamine groups is 1. The molecule has 0 fully saturated rings. The van der Waals surface area contributed by atoms with Gasteiger partial charge in [-0.05, 0) is 46.4 Å². The standard InChI is InChI=1S/C29H44N4O10SSi2/c1-11-16-40-33(44(38,39)24-15-13-12-14-22(24)32(36)37)23-19-31(27(35)41-28(2,3)4)20(17-21(23)25(34)30(7)8)18-29(5,6)26(42-45-9)43-46-10/h11-15,17,20,23,26H,1,16,18-19H2,2-10H3. The van der Waals surface area contributed by atoms with E-state index >= 15 is 0 Å². The lowest BCUT2D eigenvalue weighted by atomic mass is 9.82. The number of hydrogen-bond donors (Lipinski definition) is 0. The lowest BCUT2D eigenvalue weighted by molar-refractivity contribution is -0.388. The normalized spacial score (nSPS) is 17.5. The van der Waals surface area contributed by atoms with E-state index in [9.17, 15) is 28.1 Å². The van der Waals surface area contributed by atoms with Crippen LogP contribution in [-0.4, -0.2) is 110 Å². The van der Waals surface area contributed by atoms with E-state index in [0.29, 0.717) is 4.47 Å². The number of nitro benzene ring substituents is 1. The lowest BCUT2D eigenvalue weighted by Crippen LogP contribution is -2.58. The van der Waals surface area contributed by atoms with Crippen molar-refractivity contribution in [2.24, 2.45) is 5.41 Å². The summed E-state index contributed by atoms with van der Waals surface area (Å²) in [6.45, 7) is 15.5. The third-order valence-corrected chi connectivity index (χ3v) is 9.39. The molecular formula is C29H44N4O10SSi2. The molecule has 0 aromatic heterocycles. The molecule has 1 aliphatic heterocycles. The Labute approximate surface area is 276 Å². The highest BCUT2D eigenvalue weighted by Gasteiger charge is 2.47. The Kier molecular flexibility index (Phi) is 13.9. The number of nitrogens with zero attached hydrogens (tertiary/aromatic N) is 4. The Hall–Kier alpha value is -2.94. The van der Waals surface area contributed by atoms with Crippen LogP contribution in [0.15, 0.2) is 53.5 Å². The van der Waals surface area contributed by atoms with Gasteiger partial charge in [-0.25, -0.2) is 13.2 Å². The fourth-order valence-corrected chi connectivity index (χ4v) is 7.57. The molecule has 0 aliphatic carbocycles. The number of benzene rings is 1. The van der Waals surface area contributed by atoms with Crippen LogP contribution in [0.2, 0.25) is 13.1 Å². The fourth-order valence-electron chi connectivity index (χ4n) is 4.75. The van der Waals surface area contributed by atoms with E-state index in [-0.39, 0.29) is 44.7 Å². The van der Waals surface area contributed by atoms with E-state index in [1.54, 1.807) is 20.8 Å². The molecule has 0 N–H and O–H groups in total. The number of nitro groups is 1. The highest BCUT2D eigenvalue weighted by Crippen LogP contribution is 2.37. The highest BCUT2D eigenvalue weighted by molar-refractivity contribution is 7.89. The lowest BCUT2D eigenvalue weighted by Gasteiger charge is -2.45. The SMILES string of the molecule is C=CCON(C1CN(C(=O)OC(C)(C)C)C(CC(C)(C)C(O[Si]C)O[Si]C)C=C1C(=O)N(C)C)S(=O)(=O)c1ccccc1[N+](=O)[O-]. The number of rotatable bonds is 15. The molecule has 254 valence electrons. The molecule has 0 saturated carbocycles. The molecule has 1 aromatic rings. The number of para-hydroxylation sites is 1. The van der Waals surface area contributed by atoms with Gasteiger partial charge in [0.15, 0.2) is 4.90 Å². The van der Waals surface area contributed by atoms with Crippen LogP contribution in [0.5, 0.6) is 0 Å². The van der Waals surface area contributed by atoms with Gasteiger partial charge >= 0.3 is 6.09 Å². The summed E-state index contributed by atoms with van der Waals surface area (Å²) in [5, 5.41) is 11.8. The van der Waals surface area contributed by atoms with Gasteiger partial charge in [0, 0.05) is 37.7 Å². The summed E-state index contributed by atoms with van der Waals surface area (Å²) in [5.74, 6) is -0.546. The minimum atomic E-state index is -4.81. The Balaban J connectivity index is 2.86. The second kappa shape index (κ2) is 16.3. The van der Waals surface area contributed by atoms with Crippen LogP contribution in [0.1, 0.15) is 41.0 Å². The van der Waals surface area contributed by atoms with Crippen LogP contribution in [-0.2, 0) is 33.2 Å². The second-order valence-electron chi connectivity index (χ2n) is 12.3. The first-order chi connectivity index (χ1) is 21.3. The molecule has 2 rings (SSSR count). The molecule has 2 atom stereocenters. The van der Waals surface area contributed by atoms with Crippen molar-refractivity contribution in [3.05, 3.63) is 58.7 Å². The Bertz CT molecular complexity index is 1390. The number of amides is 2. The molecule has 1 heterocycles. The maximum atomic E-state index is 14.2. The van der Waals surface area contributed by atoms with Gasteiger partial charge in [-0.2, -0.15) is 0 Å². The summed E-state index contributed by atoms with van der Waals surface area (Å²) in [6, 6.07) is 2.61. The van der Waals surface area contributed by atoms with Crippen molar-refractivity contribution >= 4 is 47.2 Å². The maximum absolute atomic E-state index is 14.2. The molecule has 1 aliphatic rings. The first-order valence-corrected chi connectivity index (χ1v) is 18.7. The van der Waals surface area contributed by atoms with Crippen molar-refractivity contribution in [1.82, 2.24) is 14.3 Å². The van der Waals surface area contributed by atoms with Crippen LogP contribution in [0.25, 0.3) is 0 Å². The minimum Gasteiger partial charge on any atom is -0.444 e. The van der Waals surface area contributed by atoms with Crippen LogP contribution in [0.3, 0.4) is 0 Å². The van der Waals surface area contributed by atoms with Crippen LogP contribution >= 0.6 is 0 Å². The predicted molar refractivity (Wildman–Crippen MR) is 173 cm³/mol. The third-order valence-electron chi connectivity index (χ3n) is 6.76. The molecule has 14 nitrogen and oxygen atoms in total. The molecule has 0 bridgehead atoms. The van der Waals surface area contributed by atoms with E-state index < -0.39 is 66.9 Å². The average Bonchev–Trinajstić information content (AvgIpc) is 2.95. The molecule has 0 saturated heterocycles. The van der Waals surface area contributed by atoms with Gasteiger partial charge in [-0.3, -0.25) is 24.6 Å². The quantitative estimate of drug-likeness (QED) is 0.0868. The van der Waals surface area contributed by atoms with Gasteiger partial charge in [-0.15, -0.1) is 6.58 Å². The van der Waals surface area contributed by atoms with Crippen LogP contribution in [0.4, 0.5) is 10.5 Å². The number of carbonyl (C=O) groups is 2. The van der Waals surface area contributed by atoms with Crippen molar-refractivity contribution in [1.29, 1.82) is 0 Å². The van der Waals surface area contributed by atoms with Gasteiger partial charge in [0.05, 0.1) is 23.6 Å². The van der Waals surface area contributed by atoms with Crippen LogP contribution < -0.4 is 0 Å². The molecule has 1 aromatic carbocycles.